The zero-order chi connectivity index (χ0) is 16.5. The average molecular weight is 351 g/mol. The monoisotopic (exact) mass is 350 g/mol. The molecule has 0 atom stereocenters. The number of fused-ring (bicyclic) bond motifs is 6. The van der Waals surface area contributed by atoms with Crippen LogP contribution in [0.3, 0.4) is 0 Å². The van der Waals surface area contributed by atoms with Crippen LogP contribution in [0, 0.1) is 0 Å². The van der Waals surface area contributed by atoms with Crippen molar-refractivity contribution in [2.75, 3.05) is 0 Å². The minimum absolute atomic E-state index is 0.430. The number of hydrogen-bond donors (Lipinski definition) is 0. The first kappa shape index (κ1) is 13.4. The molecule has 4 aromatic heterocycles. The minimum atomic E-state index is 0.430. The first-order valence-corrected chi connectivity index (χ1v) is 8.43. The zero-order valence-corrected chi connectivity index (χ0v) is 13.7. The Labute approximate surface area is 145 Å². The van der Waals surface area contributed by atoms with Gasteiger partial charge in [-0.2, -0.15) is 4.98 Å². The third kappa shape index (κ3) is 1.76. The van der Waals surface area contributed by atoms with Crippen molar-refractivity contribution in [3.8, 4) is 11.6 Å². The Bertz CT molecular complexity index is 1280. The van der Waals surface area contributed by atoms with Crippen LogP contribution in [0.25, 0.3) is 33.8 Å². The minimum Gasteiger partial charge on any atom is -0.332 e. The van der Waals surface area contributed by atoms with Crippen molar-refractivity contribution in [2.45, 2.75) is 18.8 Å². The van der Waals surface area contributed by atoms with Crippen molar-refractivity contribution in [3.63, 3.8) is 0 Å². The van der Waals surface area contributed by atoms with Gasteiger partial charge in [-0.05, 0) is 25.0 Å². The molecular weight excluding hydrogens is 340 g/mol. The third-order valence-electron chi connectivity index (χ3n) is 4.67. The van der Waals surface area contributed by atoms with Gasteiger partial charge < -0.3 is 4.52 Å². The number of imidazole rings is 2. The van der Waals surface area contributed by atoms with Crippen molar-refractivity contribution >= 4 is 33.8 Å². The lowest BCUT2D eigenvalue weighted by Crippen LogP contribution is -1.97. The largest absolute Gasteiger partial charge is 0.332 e. The van der Waals surface area contributed by atoms with Crippen LogP contribution in [-0.2, 0) is 0 Å². The summed E-state index contributed by atoms with van der Waals surface area (Å²) in [7, 11) is 0. The Kier molecular flexibility index (Phi) is 2.45. The Hall–Kier alpha value is -2.93. The van der Waals surface area contributed by atoms with Crippen LogP contribution < -0.4 is 0 Å². The van der Waals surface area contributed by atoms with Crippen LogP contribution in [0.5, 0.6) is 0 Å². The predicted octanol–water partition coefficient (Wildman–Crippen LogP) is 3.72. The molecule has 1 fully saturated rings. The molecule has 1 aliphatic carbocycles. The van der Waals surface area contributed by atoms with E-state index in [2.05, 4.69) is 20.1 Å². The van der Waals surface area contributed by atoms with Gasteiger partial charge in [0.25, 0.3) is 5.89 Å². The lowest BCUT2D eigenvalue weighted by atomic mass is 10.2. The summed E-state index contributed by atoms with van der Waals surface area (Å²) in [5.74, 6) is 1.63. The third-order valence-corrected chi connectivity index (χ3v) is 4.99. The fourth-order valence-corrected chi connectivity index (χ4v) is 3.59. The van der Waals surface area contributed by atoms with Crippen LogP contribution in [0.15, 0.2) is 41.4 Å². The summed E-state index contributed by atoms with van der Waals surface area (Å²) in [4.78, 5) is 13.6. The molecule has 0 N–H and O–H groups in total. The number of hydrogen-bond acceptors (Lipinski definition) is 5. The first-order chi connectivity index (χ1) is 12.3. The van der Waals surface area contributed by atoms with E-state index in [0.29, 0.717) is 22.5 Å². The van der Waals surface area contributed by atoms with E-state index in [1.54, 1.807) is 12.5 Å². The molecule has 6 rings (SSSR count). The quantitative estimate of drug-likeness (QED) is 0.485. The molecule has 1 aromatic carbocycles. The van der Waals surface area contributed by atoms with E-state index in [1.807, 2.05) is 33.2 Å². The summed E-state index contributed by atoms with van der Waals surface area (Å²) in [6.07, 6.45) is 7.63. The Morgan fingerprint density at radius 3 is 2.96 bits per heavy atom. The summed E-state index contributed by atoms with van der Waals surface area (Å²) in [5, 5.41) is 5.64. The Morgan fingerprint density at radius 1 is 1.16 bits per heavy atom. The van der Waals surface area contributed by atoms with E-state index >= 15 is 0 Å². The molecule has 122 valence electrons. The number of benzene rings is 1. The van der Waals surface area contributed by atoms with Crippen molar-refractivity contribution in [3.05, 3.63) is 47.8 Å². The molecule has 0 spiro atoms. The standard InChI is InChI=1S/C17H11ClN6O/c18-10-2-1-3-11-12(10)15-19-6-7-23(15)17-13(20-8-24(11)17)16-21-14(22-25-16)9-4-5-9/h1-3,6-9H,4-5H2. The Morgan fingerprint density at radius 2 is 2.08 bits per heavy atom. The van der Waals surface area contributed by atoms with E-state index in [9.17, 15) is 0 Å². The molecule has 1 saturated carbocycles. The highest BCUT2D eigenvalue weighted by molar-refractivity contribution is 6.36. The highest BCUT2D eigenvalue weighted by Gasteiger charge is 2.30. The smallest absolute Gasteiger partial charge is 0.280 e. The summed E-state index contributed by atoms with van der Waals surface area (Å²) in [6.45, 7) is 0. The van der Waals surface area contributed by atoms with Gasteiger partial charge in [0.2, 0.25) is 0 Å². The highest BCUT2D eigenvalue weighted by atomic mass is 35.5. The summed E-state index contributed by atoms with van der Waals surface area (Å²) >= 11 is 6.43. The summed E-state index contributed by atoms with van der Waals surface area (Å²) < 4.78 is 9.42. The number of aromatic nitrogens is 6. The Balaban J connectivity index is 1.74. The lowest BCUT2D eigenvalue weighted by molar-refractivity contribution is 0.422. The molecule has 7 nitrogen and oxygen atoms in total. The van der Waals surface area contributed by atoms with Crippen LogP contribution in [0.1, 0.15) is 24.6 Å². The predicted molar refractivity (Wildman–Crippen MR) is 91.7 cm³/mol. The molecule has 0 saturated heterocycles. The molecule has 8 heteroatoms. The molecule has 0 aliphatic heterocycles. The SMILES string of the molecule is Clc1cccc2c1c1nccn1c1c(-c3nc(C4CC4)no3)ncn21. The van der Waals surface area contributed by atoms with E-state index in [-0.39, 0.29) is 0 Å². The van der Waals surface area contributed by atoms with Gasteiger partial charge in [-0.1, -0.05) is 22.8 Å². The number of nitrogens with zero attached hydrogens (tertiary/aromatic N) is 6. The maximum absolute atomic E-state index is 6.43. The van der Waals surface area contributed by atoms with Crippen LogP contribution >= 0.6 is 11.6 Å². The van der Waals surface area contributed by atoms with E-state index < -0.39 is 0 Å². The van der Waals surface area contributed by atoms with Crippen LogP contribution in [-0.4, -0.2) is 28.9 Å². The van der Waals surface area contributed by atoms with Gasteiger partial charge in [-0.3, -0.25) is 8.80 Å². The normalized spacial score (nSPS) is 14.9. The lowest BCUT2D eigenvalue weighted by Gasteiger charge is -2.08. The maximum atomic E-state index is 6.43. The molecule has 4 heterocycles. The van der Waals surface area contributed by atoms with Gasteiger partial charge >= 0.3 is 0 Å². The second kappa shape index (κ2) is 4.58. The van der Waals surface area contributed by atoms with Crippen molar-refractivity contribution < 1.29 is 4.52 Å². The molecule has 1 aliphatic rings. The molecular formula is C17H11ClN6O. The maximum Gasteiger partial charge on any atom is 0.280 e. The van der Waals surface area contributed by atoms with Gasteiger partial charge in [-0.15, -0.1) is 0 Å². The zero-order valence-electron chi connectivity index (χ0n) is 12.9. The van der Waals surface area contributed by atoms with Crippen molar-refractivity contribution in [2.24, 2.45) is 0 Å². The molecule has 0 amide bonds. The second-order valence-electron chi connectivity index (χ2n) is 6.27. The van der Waals surface area contributed by atoms with Crippen molar-refractivity contribution in [1.29, 1.82) is 0 Å². The van der Waals surface area contributed by atoms with Crippen LogP contribution in [0.4, 0.5) is 0 Å². The van der Waals surface area contributed by atoms with E-state index in [1.165, 1.54) is 0 Å². The van der Waals surface area contributed by atoms with Crippen LogP contribution in [0.2, 0.25) is 5.02 Å². The second-order valence-corrected chi connectivity index (χ2v) is 6.68. The van der Waals surface area contributed by atoms with Crippen molar-refractivity contribution in [1.82, 2.24) is 28.9 Å². The first-order valence-electron chi connectivity index (χ1n) is 8.05. The fraction of sp³-hybridized carbons (Fsp3) is 0.176. The van der Waals surface area contributed by atoms with E-state index in [0.717, 1.165) is 40.9 Å². The van der Waals surface area contributed by atoms with Gasteiger partial charge in [-0.25, -0.2) is 9.97 Å². The summed E-state index contributed by atoms with van der Waals surface area (Å²) in [6, 6.07) is 5.78. The topological polar surface area (TPSA) is 73.5 Å². The molecule has 5 aromatic rings. The van der Waals surface area contributed by atoms with Gasteiger partial charge in [0, 0.05) is 18.3 Å². The molecule has 0 unspecified atom stereocenters. The fourth-order valence-electron chi connectivity index (χ4n) is 3.33. The number of rotatable bonds is 2. The van der Waals surface area contributed by atoms with Gasteiger partial charge in [0.15, 0.2) is 17.2 Å². The average Bonchev–Trinajstić information content (AvgIpc) is 3.03. The molecule has 0 radical (unpaired) electrons. The van der Waals surface area contributed by atoms with Gasteiger partial charge in [0.05, 0.1) is 15.9 Å². The molecule has 25 heavy (non-hydrogen) atoms. The number of halogens is 1. The van der Waals surface area contributed by atoms with E-state index in [4.69, 9.17) is 16.1 Å². The summed E-state index contributed by atoms with van der Waals surface area (Å²) in [5.41, 5.74) is 3.18. The highest BCUT2D eigenvalue weighted by Crippen LogP contribution is 2.39. The van der Waals surface area contributed by atoms with Gasteiger partial charge in [0.1, 0.15) is 12.0 Å². The molecule has 0 bridgehead atoms.